The van der Waals surface area contributed by atoms with Crippen LogP contribution in [0.25, 0.3) is 21.5 Å². The first-order valence-electron chi connectivity index (χ1n) is 12.0. The van der Waals surface area contributed by atoms with Crippen LogP contribution in [0.3, 0.4) is 0 Å². The Bertz CT molecular complexity index is 1620. The minimum Gasteiger partial charge on any atom is -0.496 e. The first-order valence-corrected chi connectivity index (χ1v) is 12.0. The lowest BCUT2D eigenvalue weighted by molar-refractivity contribution is 0.0831. The monoisotopic (exact) mass is 480 g/mol. The van der Waals surface area contributed by atoms with E-state index >= 15 is 0 Å². The average Bonchev–Trinajstić information content (AvgIpc) is 3.04. The Labute approximate surface area is 210 Å². The minimum absolute atomic E-state index is 0.0588. The van der Waals surface area contributed by atoms with Crippen LogP contribution in [-0.4, -0.2) is 39.0 Å². The van der Waals surface area contributed by atoms with Gasteiger partial charge in [0.25, 0.3) is 0 Å². The summed E-state index contributed by atoms with van der Waals surface area (Å²) in [7, 11) is 5.32. The number of ether oxygens (including phenoxy) is 3. The van der Waals surface area contributed by atoms with Crippen molar-refractivity contribution in [2.24, 2.45) is 4.99 Å². The molecule has 2 aliphatic rings. The Morgan fingerprint density at radius 3 is 2.36 bits per heavy atom. The van der Waals surface area contributed by atoms with Gasteiger partial charge in [0.15, 0.2) is 5.78 Å². The largest absolute Gasteiger partial charge is 0.496 e. The third-order valence-corrected chi connectivity index (χ3v) is 7.87. The van der Waals surface area contributed by atoms with E-state index in [0.29, 0.717) is 22.7 Å². The van der Waals surface area contributed by atoms with Gasteiger partial charge in [-0.1, -0.05) is 30.3 Å². The SMILES string of the molecule is COc1cc2ccc3c(c2cc1C(C)=O)N=CC1(O3)N(C)c2cc(OC)c3ccccc3c2C1(C)C. The molecule has 0 amide bonds. The van der Waals surface area contributed by atoms with Gasteiger partial charge in [0.2, 0.25) is 5.72 Å². The summed E-state index contributed by atoms with van der Waals surface area (Å²) in [4.78, 5) is 19.4. The van der Waals surface area contributed by atoms with E-state index in [1.165, 1.54) is 5.56 Å². The number of fused-ring (bicyclic) bond motifs is 6. The van der Waals surface area contributed by atoms with E-state index in [2.05, 4.69) is 43.0 Å². The number of ketones is 1. The van der Waals surface area contributed by atoms with Crippen LogP contribution in [0.4, 0.5) is 11.4 Å². The van der Waals surface area contributed by atoms with Gasteiger partial charge in [-0.3, -0.25) is 9.79 Å². The van der Waals surface area contributed by atoms with Crippen LogP contribution < -0.4 is 19.1 Å². The van der Waals surface area contributed by atoms with Gasteiger partial charge in [0, 0.05) is 29.6 Å². The molecule has 1 unspecified atom stereocenters. The van der Waals surface area contributed by atoms with Crippen LogP contribution in [0.2, 0.25) is 0 Å². The number of hydrogen-bond acceptors (Lipinski definition) is 6. The lowest BCUT2D eigenvalue weighted by Gasteiger charge is -2.45. The normalized spacial score (nSPS) is 19.3. The second kappa shape index (κ2) is 7.47. The van der Waals surface area contributed by atoms with Gasteiger partial charge in [-0.2, -0.15) is 0 Å². The Kier molecular flexibility index (Phi) is 4.65. The number of rotatable bonds is 3. The number of aliphatic imine (C=N–C) groups is 1. The molecule has 1 atom stereocenters. The van der Waals surface area contributed by atoms with Crippen LogP contribution >= 0.6 is 0 Å². The van der Waals surface area contributed by atoms with Crippen molar-refractivity contribution in [2.75, 3.05) is 26.2 Å². The van der Waals surface area contributed by atoms with Crippen molar-refractivity contribution in [2.45, 2.75) is 31.9 Å². The molecular weight excluding hydrogens is 452 g/mol. The smallest absolute Gasteiger partial charge is 0.228 e. The molecule has 0 bridgehead atoms. The maximum atomic E-state index is 12.3. The molecule has 182 valence electrons. The number of carbonyl (C=O) groups excluding carboxylic acids is 1. The predicted molar refractivity (Wildman–Crippen MR) is 144 cm³/mol. The minimum atomic E-state index is -0.846. The van der Waals surface area contributed by atoms with Gasteiger partial charge >= 0.3 is 0 Å². The van der Waals surface area contributed by atoms with E-state index in [1.54, 1.807) is 21.1 Å². The number of benzene rings is 4. The number of anilines is 1. The third-order valence-electron chi connectivity index (χ3n) is 7.87. The Morgan fingerprint density at radius 2 is 1.67 bits per heavy atom. The summed E-state index contributed by atoms with van der Waals surface area (Å²) in [5.41, 5.74) is 2.20. The molecule has 0 aromatic heterocycles. The second-order valence-electron chi connectivity index (χ2n) is 10.0. The fraction of sp³-hybridized carbons (Fsp3) is 0.267. The van der Waals surface area contributed by atoms with Crippen molar-refractivity contribution in [1.29, 1.82) is 0 Å². The molecule has 4 aromatic rings. The number of carbonyl (C=O) groups is 1. The maximum Gasteiger partial charge on any atom is 0.228 e. The van der Waals surface area contributed by atoms with Crippen molar-refractivity contribution in [3.63, 3.8) is 0 Å². The summed E-state index contributed by atoms with van der Waals surface area (Å²) >= 11 is 0. The molecule has 4 aromatic carbocycles. The molecule has 36 heavy (non-hydrogen) atoms. The van der Waals surface area contributed by atoms with Gasteiger partial charge in [-0.25, -0.2) is 0 Å². The summed E-state index contributed by atoms with van der Waals surface area (Å²) in [6.07, 6.45) is 1.91. The first kappa shape index (κ1) is 22.4. The van der Waals surface area contributed by atoms with Crippen LogP contribution in [0.5, 0.6) is 17.2 Å². The highest BCUT2D eigenvalue weighted by Crippen LogP contribution is 2.57. The summed E-state index contributed by atoms with van der Waals surface area (Å²) in [6, 6.07) is 18.1. The van der Waals surface area contributed by atoms with E-state index < -0.39 is 11.1 Å². The van der Waals surface area contributed by atoms with Crippen molar-refractivity contribution in [3.05, 3.63) is 65.7 Å². The summed E-state index contributed by atoms with van der Waals surface area (Å²) in [5.74, 6) is 2.00. The molecule has 1 spiro atoms. The van der Waals surface area contributed by atoms with E-state index in [0.717, 1.165) is 33.0 Å². The van der Waals surface area contributed by atoms with Crippen molar-refractivity contribution in [3.8, 4) is 17.2 Å². The average molecular weight is 481 g/mol. The highest BCUT2D eigenvalue weighted by Gasteiger charge is 2.59. The van der Waals surface area contributed by atoms with Crippen LogP contribution in [0.15, 0.2) is 59.6 Å². The van der Waals surface area contributed by atoms with Gasteiger partial charge in [-0.05, 0) is 55.3 Å². The van der Waals surface area contributed by atoms with E-state index in [4.69, 9.17) is 19.2 Å². The number of nitrogens with zero attached hydrogens (tertiary/aromatic N) is 2. The van der Waals surface area contributed by atoms with Gasteiger partial charge < -0.3 is 19.1 Å². The highest BCUT2D eigenvalue weighted by molar-refractivity contribution is 6.07. The second-order valence-corrected chi connectivity index (χ2v) is 10.0. The van der Waals surface area contributed by atoms with Crippen molar-refractivity contribution in [1.82, 2.24) is 0 Å². The molecule has 6 heteroatoms. The number of Topliss-reactive ketones (excluding diaryl/α,β-unsaturated/α-hetero) is 1. The topological polar surface area (TPSA) is 60.4 Å². The molecular formula is C30H28N2O4. The Hall–Kier alpha value is -4.06. The maximum absolute atomic E-state index is 12.3. The molecule has 0 aliphatic carbocycles. The van der Waals surface area contributed by atoms with Gasteiger partial charge in [0.1, 0.15) is 22.9 Å². The predicted octanol–water partition coefficient (Wildman–Crippen LogP) is 6.43. The fourth-order valence-electron chi connectivity index (χ4n) is 5.96. The molecule has 0 fully saturated rings. The summed E-state index contributed by atoms with van der Waals surface area (Å²) < 4.78 is 18.1. The lowest BCUT2D eigenvalue weighted by atomic mass is 9.75. The van der Waals surface area contributed by atoms with Crippen LogP contribution in [0.1, 0.15) is 36.7 Å². The third kappa shape index (κ3) is 2.72. The van der Waals surface area contributed by atoms with Gasteiger partial charge in [-0.15, -0.1) is 0 Å². The summed E-state index contributed by atoms with van der Waals surface area (Å²) in [5, 5.41) is 4.00. The zero-order valence-corrected chi connectivity index (χ0v) is 21.3. The molecule has 2 heterocycles. The van der Waals surface area contributed by atoms with Gasteiger partial charge in [0.05, 0.1) is 31.4 Å². The summed E-state index contributed by atoms with van der Waals surface area (Å²) in [6.45, 7) is 5.94. The Morgan fingerprint density at radius 1 is 0.944 bits per heavy atom. The molecule has 6 nitrogen and oxygen atoms in total. The standard InChI is InChI=1S/C30H28N2O4/c1-17(33)21-14-22-18(13-25(21)34-5)11-12-24-28(22)31-16-30(36-24)29(2,3)27-20-10-8-7-9-19(20)26(35-6)15-23(27)32(30)4/h7-16H,1-6H3. The van der Waals surface area contributed by atoms with Crippen LogP contribution in [-0.2, 0) is 5.41 Å². The molecule has 0 N–H and O–H groups in total. The number of methoxy groups -OCH3 is 2. The molecule has 0 saturated carbocycles. The van der Waals surface area contributed by atoms with Crippen molar-refractivity contribution < 1.29 is 19.0 Å². The lowest BCUT2D eigenvalue weighted by Crippen LogP contribution is -2.61. The van der Waals surface area contributed by atoms with Crippen LogP contribution in [0, 0.1) is 0 Å². The van der Waals surface area contributed by atoms with E-state index in [-0.39, 0.29) is 5.78 Å². The highest BCUT2D eigenvalue weighted by atomic mass is 16.5. The molecule has 2 aliphatic heterocycles. The Balaban J connectivity index is 1.56. The number of likely N-dealkylation sites (N-methyl/N-ethyl adjacent to an activating group) is 1. The van der Waals surface area contributed by atoms with Crippen molar-refractivity contribution >= 4 is 44.9 Å². The number of hydrogen-bond donors (Lipinski definition) is 0. The van der Waals surface area contributed by atoms with E-state index in [1.807, 2.05) is 43.6 Å². The molecule has 0 saturated heterocycles. The first-order chi connectivity index (χ1) is 17.2. The zero-order chi connectivity index (χ0) is 25.4. The van der Waals surface area contributed by atoms with E-state index in [9.17, 15) is 4.79 Å². The molecule has 6 rings (SSSR count). The molecule has 0 radical (unpaired) electrons. The quantitative estimate of drug-likeness (QED) is 0.316. The fourth-order valence-corrected chi connectivity index (χ4v) is 5.96. The zero-order valence-electron chi connectivity index (χ0n) is 21.3.